The van der Waals surface area contributed by atoms with Crippen molar-refractivity contribution in [1.29, 1.82) is 5.26 Å². The van der Waals surface area contributed by atoms with Gasteiger partial charge in [-0.25, -0.2) is 0 Å². The van der Waals surface area contributed by atoms with E-state index in [0.717, 1.165) is 0 Å². The van der Waals surface area contributed by atoms with E-state index in [1.54, 1.807) is 4.90 Å². The van der Waals surface area contributed by atoms with E-state index in [1.165, 1.54) is 0 Å². The Bertz CT molecular complexity index is 349. The lowest BCUT2D eigenvalue weighted by molar-refractivity contribution is -0.137. The first-order chi connectivity index (χ1) is 7.72. The second-order valence-electron chi connectivity index (χ2n) is 4.09. The highest BCUT2D eigenvalue weighted by Crippen LogP contribution is 2.15. The van der Waals surface area contributed by atoms with Gasteiger partial charge < -0.3 is 15.5 Å². The number of rotatable bonds is 1. The number of hydrogen-bond donors (Lipinski definition) is 2. The average Bonchev–Trinajstić information content (AvgIpc) is 2.75. The Morgan fingerprint density at radius 1 is 1.50 bits per heavy atom. The molecule has 0 aromatic carbocycles. The topological polar surface area (TPSA) is 85.2 Å². The lowest BCUT2D eigenvalue weighted by atomic mass is 10.0. The predicted octanol–water partition coefficient (Wildman–Crippen LogP) is -1.55. The van der Waals surface area contributed by atoms with Gasteiger partial charge in [-0.15, -0.1) is 0 Å². The molecule has 2 amide bonds. The third kappa shape index (κ3) is 1.99. The summed E-state index contributed by atoms with van der Waals surface area (Å²) >= 11 is 0. The molecule has 2 atom stereocenters. The van der Waals surface area contributed by atoms with E-state index in [-0.39, 0.29) is 24.2 Å². The molecule has 2 unspecified atom stereocenters. The highest BCUT2D eigenvalue weighted by atomic mass is 16.2. The fourth-order valence-corrected chi connectivity index (χ4v) is 2.10. The zero-order chi connectivity index (χ0) is 11.5. The third-order valence-corrected chi connectivity index (χ3v) is 3.00. The van der Waals surface area contributed by atoms with Crippen LogP contribution in [0.3, 0.4) is 0 Å². The Hall–Kier alpha value is -1.61. The molecule has 16 heavy (non-hydrogen) atoms. The Balaban J connectivity index is 2.02. The Morgan fingerprint density at radius 3 is 2.94 bits per heavy atom. The molecule has 2 saturated heterocycles. The summed E-state index contributed by atoms with van der Waals surface area (Å²) in [5.41, 5.74) is 0. The number of amides is 2. The van der Waals surface area contributed by atoms with E-state index in [4.69, 9.17) is 5.26 Å². The van der Waals surface area contributed by atoms with Crippen LogP contribution in [0.25, 0.3) is 0 Å². The molecule has 2 N–H and O–H groups in total. The van der Waals surface area contributed by atoms with Crippen molar-refractivity contribution in [2.75, 3.05) is 26.2 Å². The first-order valence-corrected chi connectivity index (χ1v) is 5.40. The fraction of sp³-hybridized carbons (Fsp3) is 0.700. The van der Waals surface area contributed by atoms with Crippen molar-refractivity contribution in [3.8, 4) is 6.07 Å². The van der Waals surface area contributed by atoms with E-state index in [0.29, 0.717) is 26.2 Å². The quantitative estimate of drug-likeness (QED) is 0.562. The minimum Gasteiger partial charge on any atom is -0.355 e. The number of carbonyl (C=O) groups is 2. The Morgan fingerprint density at radius 2 is 2.31 bits per heavy atom. The molecule has 6 nitrogen and oxygen atoms in total. The summed E-state index contributed by atoms with van der Waals surface area (Å²) in [7, 11) is 0. The van der Waals surface area contributed by atoms with Gasteiger partial charge >= 0.3 is 0 Å². The zero-order valence-corrected chi connectivity index (χ0v) is 8.90. The van der Waals surface area contributed by atoms with Gasteiger partial charge in [0, 0.05) is 32.6 Å². The molecule has 2 heterocycles. The van der Waals surface area contributed by atoms with Crippen molar-refractivity contribution in [3.05, 3.63) is 0 Å². The van der Waals surface area contributed by atoms with Crippen molar-refractivity contribution in [1.82, 2.24) is 15.5 Å². The van der Waals surface area contributed by atoms with E-state index < -0.39 is 6.04 Å². The predicted molar refractivity (Wildman–Crippen MR) is 55.1 cm³/mol. The van der Waals surface area contributed by atoms with Gasteiger partial charge in [-0.05, 0) is 0 Å². The lowest BCUT2D eigenvalue weighted by Gasteiger charge is -2.33. The van der Waals surface area contributed by atoms with Gasteiger partial charge in [0.05, 0.1) is 12.0 Å². The summed E-state index contributed by atoms with van der Waals surface area (Å²) in [5, 5.41) is 14.6. The molecule has 2 rings (SSSR count). The number of nitrogens with zero attached hydrogens (tertiary/aromatic N) is 2. The first kappa shape index (κ1) is 10.9. The normalized spacial score (nSPS) is 29.7. The van der Waals surface area contributed by atoms with Gasteiger partial charge in [0.15, 0.2) is 0 Å². The Kier molecular flexibility index (Phi) is 3.06. The summed E-state index contributed by atoms with van der Waals surface area (Å²) in [6.07, 6.45) is 0.251. The van der Waals surface area contributed by atoms with Crippen LogP contribution < -0.4 is 10.6 Å². The summed E-state index contributed by atoms with van der Waals surface area (Å²) in [6.45, 7) is 2.16. The highest BCUT2D eigenvalue weighted by molar-refractivity contribution is 5.89. The number of nitrogens with one attached hydrogen (secondary N) is 2. The van der Waals surface area contributed by atoms with Gasteiger partial charge in [0.25, 0.3) is 0 Å². The monoisotopic (exact) mass is 222 g/mol. The summed E-state index contributed by atoms with van der Waals surface area (Å²) < 4.78 is 0. The molecular weight excluding hydrogens is 208 g/mol. The lowest BCUT2D eigenvalue weighted by Crippen LogP contribution is -2.54. The van der Waals surface area contributed by atoms with E-state index in [2.05, 4.69) is 16.7 Å². The minimum absolute atomic E-state index is 0.0774. The second-order valence-corrected chi connectivity index (χ2v) is 4.09. The smallest absolute Gasteiger partial charge is 0.229 e. The van der Waals surface area contributed by atoms with Crippen LogP contribution in [-0.2, 0) is 9.59 Å². The first-order valence-electron chi connectivity index (χ1n) is 5.40. The summed E-state index contributed by atoms with van der Waals surface area (Å²) in [5.74, 6) is -0.449. The molecular formula is C10H14N4O2. The van der Waals surface area contributed by atoms with Crippen LogP contribution in [0.15, 0.2) is 0 Å². The minimum atomic E-state index is -0.406. The fourth-order valence-electron chi connectivity index (χ4n) is 2.10. The van der Waals surface area contributed by atoms with Crippen LogP contribution >= 0.6 is 0 Å². The van der Waals surface area contributed by atoms with E-state index >= 15 is 0 Å². The van der Waals surface area contributed by atoms with Crippen LogP contribution in [0.4, 0.5) is 0 Å². The summed E-state index contributed by atoms with van der Waals surface area (Å²) in [6, 6.07) is 1.70. The van der Waals surface area contributed by atoms with Gasteiger partial charge in [0.1, 0.15) is 6.04 Å². The molecule has 0 saturated carbocycles. The second kappa shape index (κ2) is 4.49. The molecule has 0 spiro atoms. The standard InChI is InChI=1S/C10H14N4O2/c11-4-8-6-12-1-2-14(8)10(16)7-3-9(15)13-5-7/h7-8,12H,1-3,5-6H2,(H,13,15). The molecule has 2 aliphatic heterocycles. The zero-order valence-electron chi connectivity index (χ0n) is 8.90. The molecule has 0 radical (unpaired) electrons. The van der Waals surface area contributed by atoms with Crippen LogP contribution in [0.2, 0.25) is 0 Å². The summed E-state index contributed by atoms with van der Waals surface area (Å²) in [4.78, 5) is 24.7. The molecule has 0 aromatic heterocycles. The van der Waals surface area contributed by atoms with Crippen LogP contribution in [0.5, 0.6) is 0 Å². The van der Waals surface area contributed by atoms with Crippen LogP contribution in [0, 0.1) is 17.2 Å². The SMILES string of the molecule is N#CC1CNCCN1C(=O)C1CNC(=O)C1. The Labute approximate surface area is 93.6 Å². The number of carbonyl (C=O) groups excluding carboxylic acids is 2. The number of piperazine rings is 1. The van der Waals surface area contributed by atoms with Crippen molar-refractivity contribution in [3.63, 3.8) is 0 Å². The highest BCUT2D eigenvalue weighted by Gasteiger charge is 2.35. The molecule has 6 heteroatoms. The van der Waals surface area contributed by atoms with E-state index in [1.807, 2.05) is 0 Å². The van der Waals surface area contributed by atoms with Crippen LogP contribution in [0.1, 0.15) is 6.42 Å². The molecule has 86 valence electrons. The van der Waals surface area contributed by atoms with Gasteiger partial charge in [-0.2, -0.15) is 5.26 Å². The van der Waals surface area contributed by atoms with Crippen molar-refractivity contribution >= 4 is 11.8 Å². The third-order valence-electron chi connectivity index (χ3n) is 3.00. The average molecular weight is 222 g/mol. The van der Waals surface area contributed by atoms with Crippen LogP contribution in [-0.4, -0.2) is 48.9 Å². The van der Waals surface area contributed by atoms with Gasteiger partial charge in [-0.3, -0.25) is 9.59 Å². The van der Waals surface area contributed by atoms with E-state index in [9.17, 15) is 9.59 Å². The van der Waals surface area contributed by atoms with Gasteiger partial charge in [0.2, 0.25) is 11.8 Å². The van der Waals surface area contributed by atoms with Crippen molar-refractivity contribution in [2.45, 2.75) is 12.5 Å². The maximum atomic E-state index is 12.1. The molecule has 2 fully saturated rings. The van der Waals surface area contributed by atoms with Crippen molar-refractivity contribution in [2.24, 2.45) is 5.92 Å². The van der Waals surface area contributed by atoms with Gasteiger partial charge in [-0.1, -0.05) is 0 Å². The molecule has 0 aliphatic carbocycles. The molecule has 2 aliphatic rings. The number of hydrogen-bond acceptors (Lipinski definition) is 4. The maximum absolute atomic E-state index is 12.1. The largest absolute Gasteiger partial charge is 0.355 e. The van der Waals surface area contributed by atoms with Crippen molar-refractivity contribution < 1.29 is 9.59 Å². The molecule has 0 bridgehead atoms. The molecule has 0 aromatic rings. The number of nitriles is 1. The maximum Gasteiger partial charge on any atom is 0.229 e.